The van der Waals surface area contributed by atoms with Crippen molar-refractivity contribution in [3.63, 3.8) is 0 Å². The minimum atomic E-state index is -3.78. The Bertz CT molecular complexity index is 1080. The van der Waals surface area contributed by atoms with Crippen LogP contribution in [0.15, 0.2) is 68.5 Å². The predicted octanol–water partition coefficient (Wildman–Crippen LogP) is 3.65. The number of sulfonamides is 1. The van der Waals surface area contributed by atoms with Crippen LogP contribution >= 0.6 is 11.8 Å². The minimum absolute atomic E-state index is 0.0508. The summed E-state index contributed by atoms with van der Waals surface area (Å²) in [6.45, 7) is 0.324. The van der Waals surface area contributed by atoms with E-state index in [2.05, 4.69) is 20.2 Å². The second-order valence-electron chi connectivity index (χ2n) is 7.10. The summed E-state index contributed by atoms with van der Waals surface area (Å²) in [6, 6.07) is 13.8. The van der Waals surface area contributed by atoms with Crippen LogP contribution in [0.3, 0.4) is 0 Å². The number of carbonyl (C=O) groups excluding carboxylic acids is 1. The summed E-state index contributed by atoms with van der Waals surface area (Å²) in [7, 11) is -3.78. The maximum Gasteiger partial charge on any atom is 0.265 e. The Labute approximate surface area is 192 Å². The zero-order chi connectivity index (χ0) is 22.8. The number of aliphatic imine (C=N–C) groups is 1. The van der Waals surface area contributed by atoms with E-state index in [1.54, 1.807) is 23.9 Å². The molecular weight excluding hydrogens is 448 g/mol. The number of nitrogens with one attached hydrogen (secondary N) is 2. The number of benzene rings is 2. The van der Waals surface area contributed by atoms with Gasteiger partial charge < -0.3 is 10.2 Å². The molecule has 2 aromatic carbocycles. The van der Waals surface area contributed by atoms with Crippen LogP contribution in [0.4, 0.5) is 5.69 Å². The van der Waals surface area contributed by atoms with Crippen LogP contribution in [0.5, 0.6) is 0 Å². The Morgan fingerprint density at radius 3 is 2.78 bits per heavy atom. The first kappa shape index (κ1) is 23.8. The maximum absolute atomic E-state index is 12.7. The lowest BCUT2D eigenvalue weighted by atomic mass is 10.2. The molecule has 1 heterocycles. The Morgan fingerprint density at radius 1 is 1.19 bits per heavy atom. The molecule has 170 valence electrons. The summed E-state index contributed by atoms with van der Waals surface area (Å²) >= 11 is 1.65. The van der Waals surface area contributed by atoms with E-state index in [1.807, 2.05) is 30.5 Å². The van der Waals surface area contributed by atoms with Crippen molar-refractivity contribution in [2.24, 2.45) is 10.1 Å². The van der Waals surface area contributed by atoms with Crippen LogP contribution in [0.2, 0.25) is 0 Å². The molecule has 10 heteroatoms. The normalized spacial score (nSPS) is 14.5. The third kappa shape index (κ3) is 7.38. The molecule has 0 saturated carbocycles. The van der Waals surface area contributed by atoms with Crippen molar-refractivity contribution in [2.45, 2.75) is 35.5 Å². The number of hydrogen-bond acceptors (Lipinski definition) is 7. The molecule has 1 amide bonds. The molecule has 0 fully saturated rings. The van der Waals surface area contributed by atoms with E-state index in [1.165, 1.54) is 18.3 Å². The molecule has 8 nitrogen and oxygen atoms in total. The molecule has 0 spiro atoms. The zero-order valence-electron chi connectivity index (χ0n) is 17.8. The SMILES string of the molecule is CSc1ccc(C=NOCC(=O)Nc2cccc(S(=O)(=O)NC3=NCCCCC3)c2)cc1. The first-order valence-electron chi connectivity index (χ1n) is 10.2. The lowest BCUT2D eigenvalue weighted by Gasteiger charge is -2.11. The highest BCUT2D eigenvalue weighted by Crippen LogP contribution is 2.17. The van der Waals surface area contributed by atoms with E-state index in [9.17, 15) is 13.2 Å². The third-order valence-corrected chi connectivity index (χ3v) is 6.76. The summed E-state index contributed by atoms with van der Waals surface area (Å²) in [5.41, 5.74) is 1.20. The summed E-state index contributed by atoms with van der Waals surface area (Å²) in [6.07, 6.45) is 7.03. The molecule has 0 radical (unpaired) electrons. The Kier molecular flexibility index (Phi) is 8.69. The van der Waals surface area contributed by atoms with E-state index < -0.39 is 15.9 Å². The smallest absolute Gasteiger partial charge is 0.265 e. The Hall–Kier alpha value is -2.85. The van der Waals surface area contributed by atoms with Gasteiger partial charge in [-0.25, -0.2) is 8.42 Å². The molecular formula is C22H26N4O4S2. The van der Waals surface area contributed by atoms with Gasteiger partial charge in [0.1, 0.15) is 5.84 Å². The van der Waals surface area contributed by atoms with Gasteiger partial charge in [-0.2, -0.15) is 0 Å². The highest BCUT2D eigenvalue weighted by Gasteiger charge is 2.18. The fraction of sp³-hybridized carbons (Fsp3) is 0.318. The number of hydrogen-bond donors (Lipinski definition) is 2. The van der Waals surface area contributed by atoms with Crippen molar-refractivity contribution in [3.05, 3.63) is 54.1 Å². The summed E-state index contributed by atoms with van der Waals surface area (Å²) in [5.74, 6) is 0.0295. The summed E-state index contributed by atoms with van der Waals surface area (Å²) in [5, 5.41) is 6.42. The number of thioether (sulfide) groups is 1. The summed E-state index contributed by atoms with van der Waals surface area (Å²) in [4.78, 5) is 22.7. The van der Waals surface area contributed by atoms with Crippen LogP contribution in [-0.2, 0) is 19.7 Å². The highest BCUT2D eigenvalue weighted by atomic mass is 32.2. The van der Waals surface area contributed by atoms with Crippen LogP contribution in [0, 0.1) is 0 Å². The zero-order valence-corrected chi connectivity index (χ0v) is 19.4. The number of oxime groups is 1. The van der Waals surface area contributed by atoms with Gasteiger partial charge in [0.25, 0.3) is 15.9 Å². The van der Waals surface area contributed by atoms with Crippen LogP contribution in [0.25, 0.3) is 0 Å². The maximum atomic E-state index is 12.7. The molecule has 2 N–H and O–H groups in total. The second kappa shape index (κ2) is 11.7. The van der Waals surface area contributed by atoms with E-state index >= 15 is 0 Å². The number of amidine groups is 1. The standard InChI is InChI=1S/C22H26N4O4S2/c1-31-19-11-9-17(10-12-19)15-24-30-16-22(27)25-18-6-5-7-20(14-18)32(28,29)26-21-8-3-2-4-13-23-21/h5-7,9-12,14-15H,2-4,8,13,16H2,1H3,(H,23,26)(H,25,27). The number of anilines is 1. The highest BCUT2D eigenvalue weighted by molar-refractivity contribution is 7.98. The van der Waals surface area contributed by atoms with Crippen molar-refractivity contribution in [3.8, 4) is 0 Å². The molecule has 0 unspecified atom stereocenters. The van der Waals surface area contributed by atoms with E-state index in [-0.39, 0.29) is 11.5 Å². The average molecular weight is 475 g/mol. The van der Waals surface area contributed by atoms with Gasteiger partial charge >= 0.3 is 0 Å². The van der Waals surface area contributed by atoms with E-state index in [4.69, 9.17) is 4.84 Å². The molecule has 1 aliphatic rings. The van der Waals surface area contributed by atoms with E-state index in [0.717, 1.165) is 29.7 Å². The van der Waals surface area contributed by atoms with Gasteiger partial charge in [-0.1, -0.05) is 29.8 Å². The fourth-order valence-electron chi connectivity index (χ4n) is 2.99. The summed E-state index contributed by atoms with van der Waals surface area (Å²) < 4.78 is 27.9. The molecule has 0 bridgehead atoms. The van der Waals surface area contributed by atoms with Crippen molar-refractivity contribution < 1.29 is 18.0 Å². The molecule has 0 aromatic heterocycles. The molecule has 2 aromatic rings. The molecule has 0 aliphatic carbocycles. The molecule has 1 aliphatic heterocycles. The van der Waals surface area contributed by atoms with Gasteiger partial charge in [-0.15, -0.1) is 11.8 Å². The lowest BCUT2D eigenvalue weighted by Crippen LogP contribution is -2.30. The van der Waals surface area contributed by atoms with E-state index in [0.29, 0.717) is 24.5 Å². The van der Waals surface area contributed by atoms with Crippen molar-refractivity contribution in [2.75, 3.05) is 24.7 Å². The predicted molar refractivity (Wildman–Crippen MR) is 128 cm³/mol. The number of rotatable bonds is 8. The second-order valence-corrected chi connectivity index (χ2v) is 9.66. The van der Waals surface area contributed by atoms with Crippen molar-refractivity contribution in [1.29, 1.82) is 0 Å². The lowest BCUT2D eigenvalue weighted by molar-refractivity contribution is -0.120. The number of amides is 1. The van der Waals surface area contributed by atoms with Gasteiger partial charge in [0.2, 0.25) is 0 Å². The Morgan fingerprint density at radius 2 is 2.00 bits per heavy atom. The first-order valence-corrected chi connectivity index (χ1v) is 12.9. The van der Waals surface area contributed by atoms with Gasteiger partial charge in [0.05, 0.1) is 11.1 Å². The minimum Gasteiger partial charge on any atom is -0.386 e. The van der Waals surface area contributed by atoms with Gasteiger partial charge in [-0.05, 0) is 55.0 Å². The largest absolute Gasteiger partial charge is 0.386 e. The van der Waals surface area contributed by atoms with Gasteiger partial charge in [0, 0.05) is 23.5 Å². The van der Waals surface area contributed by atoms with Crippen LogP contribution < -0.4 is 10.0 Å². The topological polar surface area (TPSA) is 109 Å². The van der Waals surface area contributed by atoms with Crippen LogP contribution in [0.1, 0.15) is 31.2 Å². The fourth-order valence-corrected chi connectivity index (χ4v) is 4.54. The van der Waals surface area contributed by atoms with Crippen molar-refractivity contribution >= 4 is 45.4 Å². The van der Waals surface area contributed by atoms with Gasteiger partial charge in [-0.3, -0.25) is 14.5 Å². The third-order valence-electron chi connectivity index (χ3n) is 4.64. The number of carbonyl (C=O) groups is 1. The van der Waals surface area contributed by atoms with Gasteiger partial charge in [0.15, 0.2) is 6.61 Å². The van der Waals surface area contributed by atoms with Crippen LogP contribution in [-0.4, -0.2) is 45.8 Å². The molecule has 0 atom stereocenters. The van der Waals surface area contributed by atoms with Crippen molar-refractivity contribution in [1.82, 2.24) is 4.72 Å². The number of nitrogens with zero attached hydrogens (tertiary/aromatic N) is 2. The molecule has 32 heavy (non-hydrogen) atoms. The molecule has 3 rings (SSSR count). The molecule has 0 saturated heterocycles. The monoisotopic (exact) mass is 474 g/mol. The first-order chi connectivity index (χ1) is 15.5. The quantitative estimate of drug-likeness (QED) is 0.345. The average Bonchev–Trinajstić information content (AvgIpc) is 3.05. The Balaban J connectivity index is 1.53.